The zero-order valence-corrected chi connectivity index (χ0v) is 9.69. The normalized spacial score (nSPS) is 42.6. The first kappa shape index (κ1) is 10.1. The van der Waals surface area contributed by atoms with E-state index in [0.29, 0.717) is 6.10 Å². The molecule has 3 saturated heterocycles. The maximum Gasteiger partial charge on any atom is 0.0702 e. The molecule has 0 aromatic carbocycles. The van der Waals surface area contributed by atoms with Crippen molar-refractivity contribution < 1.29 is 4.74 Å². The zero-order valence-electron chi connectivity index (χ0n) is 9.69. The van der Waals surface area contributed by atoms with Gasteiger partial charge >= 0.3 is 0 Å². The van der Waals surface area contributed by atoms with Crippen molar-refractivity contribution >= 4 is 0 Å². The van der Waals surface area contributed by atoms with Crippen LogP contribution in [0.2, 0.25) is 0 Å². The van der Waals surface area contributed by atoms with Crippen LogP contribution >= 0.6 is 0 Å². The lowest BCUT2D eigenvalue weighted by Crippen LogP contribution is -2.53. The van der Waals surface area contributed by atoms with Gasteiger partial charge in [0.2, 0.25) is 0 Å². The average molecular weight is 210 g/mol. The molecule has 86 valence electrons. The molecule has 0 N–H and O–H groups in total. The lowest BCUT2D eigenvalue weighted by atomic mass is 10.1. The number of piperazine rings is 1. The van der Waals surface area contributed by atoms with E-state index in [1.807, 2.05) is 0 Å². The van der Waals surface area contributed by atoms with Crippen LogP contribution in [0.3, 0.4) is 0 Å². The van der Waals surface area contributed by atoms with Crippen molar-refractivity contribution in [1.82, 2.24) is 9.80 Å². The molecular formula is C12H22N2O. The summed E-state index contributed by atoms with van der Waals surface area (Å²) in [5.74, 6) is 0. The number of hydrogen-bond acceptors (Lipinski definition) is 3. The highest BCUT2D eigenvalue weighted by Crippen LogP contribution is 2.29. The standard InChI is InChI=1S/C12H22N2O/c1-13-10-4-5-11(13)8-14(7-10)9-12-3-2-6-15-12/h10-12H,2-9H2,1H3. The number of likely N-dealkylation sites (tertiary alicyclic amines) is 1. The van der Waals surface area contributed by atoms with Crippen LogP contribution in [0.4, 0.5) is 0 Å². The van der Waals surface area contributed by atoms with Crippen LogP contribution in [-0.4, -0.2) is 61.3 Å². The number of likely N-dealkylation sites (N-methyl/N-ethyl adjacent to an activating group) is 1. The Morgan fingerprint density at radius 3 is 2.47 bits per heavy atom. The minimum absolute atomic E-state index is 0.535. The topological polar surface area (TPSA) is 15.7 Å². The van der Waals surface area contributed by atoms with Crippen LogP contribution in [0.25, 0.3) is 0 Å². The third-order valence-electron chi connectivity index (χ3n) is 4.41. The Balaban J connectivity index is 1.55. The molecule has 0 saturated carbocycles. The molecule has 0 aromatic heterocycles. The molecule has 0 spiro atoms. The van der Waals surface area contributed by atoms with E-state index < -0.39 is 0 Å². The second kappa shape index (κ2) is 4.04. The predicted molar refractivity (Wildman–Crippen MR) is 60.0 cm³/mol. The summed E-state index contributed by atoms with van der Waals surface area (Å²) in [6, 6.07) is 1.65. The monoisotopic (exact) mass is 210 g/mol. The van der Waals surface area contributed by atoms with E-state index >= 15 is 0 Å². The molecule has 3 rings (SSSR count). The Kier molecular flexibility index (Phi) is 2.71. The first-order valence-electron chi connectivity index (χ1n) is 6.39. The van der Waals surface area contributed by atoms with Gasteiger partial charge in [0.05, 0.1) is 6.10 Å². The second-order valence-electron chi connectivity index (χ2n) is 5.40. The molecule has 15 heavy (non-hydrogen) atoms. The van der Waals surface area contributed by atoms with Gasteiger partial charge in [-0.1, -0.05) is 0 Å². The Morgan fingerprint density at radius 2 is 1.87 bits per heavy atom. The van der Waals surface area contributed by atoms with Crippen LogP contribution in [0, 0.1) is 0 Å². The molecular weight excluding hydrogens is 188 g/mol. The number of rotatable bonds is 2. The van der Waals surface area contributed by atoms with E-state index in [-0.39, 0.29) is 0 Å². The average Bonchev–Trinajstić information content (AvgIpc) is 2.76. The lowest BCUT2D eigenvalue weighted by molar-refractivity contribution is 0.0324. The van der Waals surface area contributed by atoms with Crippen molar-refractivity contribution in [2.24, 2.45) is 0 Å². The summed E-state index contributed by atoms with van der Waals surface area (Å²) in [5.41, 5.74) is 0. The first-order chi connectivity index (χ1) is 7.33. The largest absolute Gasteiger partial charge is 0.377 e. The Bertz CT molecular complexity index is 214. The minimum atomic E-state index is 0.535. The van der Waals surface area contributed by atoms with Gasteiger partial charge < -0.3 is 4.74 Å². The molecule has 0 amide bonds. The molecule has 0 radical (unpaired) electrons. The Hall–Kier alpha value is -0.120. The van der Waals surface area contributed by atoms with Gasteiger partial charge in [0.15, 0.2) is 0 Å². The smallest absolute Gasteiger partial charge is 0.0702 e. The summed E-state index contributed by atoms with van der Waals surface area (Å²) in [5, 5.41) is 0. The fraction of sp³-hybridized carbons (Fsp3) is 1.00. The third-order valence-corrected chi connectivity index (χ3v) is 4.41. The summed E-state index contributed by atoms with van der Waals surface area (Å²) in [6.45, 7) is 4.71. The van der Waals surface area contributed by atoms with Crippen LogP contribution < -0.4 is 0 Å². The Labute approximate surface area is 92.4 Å². The molecule has 3 atom stereocenters. The van der Waals surface area contributed by atoms with Gasteiger partial charge in [-0.3, -0.25) is 9.80 Å². The van der Waals surface area contributed by atoms with Gasteiger partial charge in [0.1, 0.15) is 0 Å². The van der Waals surface area contributed by atoms with Crippen LogP contribution in [0.15, 0.2) is 0 Å². The molecule has 3 aliphatic heterocycles. The predicted octanol–water partition coefficient (Wildman–Crippen LogP) is 0.944. The Morgan fingerprint density at radius 1 is 1.13 bits per heavy atom. The molecule has 3 unspecified atom stereocenters. The summed E-state index contributed by atoms with van der Waals surface area (Å²) in [7, 11) is 2.30. The SMILES string of the molecule is CN1C2CCC1CN(CC1CCCO1)C2. The molecule has 3 aliphatic rings. The molecule has 3 fully saturated rings. The van der Waals surface area contributed by atoms with Crippen molar-refractivity contribution in [3.05, 3.63) is 0 Å². The van der Waals surface area contributed by atoms with Gasteiger partial charge in [-0.05, 0) is 32.7 Å². The maximum atomic E-state index is 5.72. The van der Waals surface area contributed by atoms with Crippen molar-refractivity contribution in [1.29, 1.82) is 0 Å². The van der Waals surface area contributed by atoms with Crippen molar-refractivity contribution in [3.8, 4) is 0 Å². The molecule has 3 nitrogen and oxygen atoms in total. The van der Waals surface area contributed by atoms with E-state index in [0.717, 1.165) is 18.7 Å². The van der Waals surface area contributed by atoms with E-state index in [2.05, 4.69) is 16.8 Å². The van der Waals surface area contributed by atoms with Crippen LogP contribution in [0.1, 0.15) is 25.7 Å². The van der Waals surface area contributed by atoms with Crippen molar-refractivity contribution in [2.75, 3.05) is 33.3 Å². The lowest BCUT2D eigenvalue weighted by Gasteiger charge is -2.39. The van der Waals surface area contributed by atoms with Crippen LogP contribution in [-0.2, 0) is 4.74 Å². The van der Waals surface area contributed by atoms with Crippen molar-refractivity contribution in [3.63, 3.8) is 0 Å². The number of hydrogen-bond donors (Lipinski definition) is 0. The highest BCUT2D eigenvalue weighted by atomic mass is 16.5. The maximum absolute atomic E-state index is 5.72. The van der Waals surface area contributed by atoms with Gasteiger partial charge in [0.25, 0.3) is 0 Å². The number of nitrogens with zero attached hydrogens (tertiary/aromatic N) is 2. The number of ether oxygens (including phenoxy) is 1. The quantitative estimate of drug-likeness (QED) is 0.675. The summed E-state index contributed by atoms with van der Waals surface area (Å²) < 4.78 is 5.72. The number of fused-ring (bicyclic) bond motifs is 2. The van der Waals surface area contributed by atoms with Gasteiger partial charge in [-0.25, -0.2) is 0 Å². The molecule has 0 aromatic rings. The molecule has 2 bridgehead atoms. The van der Waals surface area contributed by atoms with Gasteiger partial charge in [-0.15, -0.1) is 0 Å². The highest BCUT2D eigenvalue weighted by molar-refractivity contribution is 4.94. The zero-order chi connectivity index (χ0) is 10.3. The minimum Gasteiger partial charge on any atom is -0.377 e. The third kappa shape index (κ3) is 1.93. The van der Waals surface area contributed by atoms with Crippen LogP contribution in [0.5, 0.6) is 0 Å². The fourth-order valence-corrected chi connectivity index (χ4v) is 3.43. The van der Waals surface area contributed by atoms with E-state index in [4.69, 9.17) is 4.74 Å². The highest BCUT2D eigenvalue weighted by Gasteiger charge is 2.38. The molecule has 3 heteroatoms. The second-order valence-corrected chi connectivity index (χ2v) is 5.40. The van der Waals surface area contributed by atoms with Gasteiger partial charge in [0, 0.05) is 38.3 Å². The molecule has 3 heterocycles. The summed E-state index contributed by atoms with van der Waals surface area (Å²) >= 11 is 0. The van der Waals surface area contributed by atoms with E-state index in [9.17, 15) is 0 Å². The van der Waals surface area contributed by atoms with E-state index in [1.54, 1.807) is 0 Å². The first-order valence-corrected chi connectivity index (χ1v) is 6.39. The van der Waals surface area contributed by atoms with E-state index in [1.165, 1.54) is 45.3 Å². The van der Waals surface area contributed by atoms with Crippen molar-refractivity contribution in [2.45, 2.75) is 43.9 Å². The van der Waals surface area contributed by atoms with Gasteiger partial charge in [-0.2, -0.15) is 0 Å². The summed E-state index contributed by atoms with van der Waals surface area (Å²) in [4.78, 5) is 5.23. The molecule has 0 aliphatic carbocycles. The summed E-state index contributed by atoms with van der Waals surface area (Å²) in [6.07, 6.45) is 5.90. The fourth-order valence-electron chi connectivity index (χ4n) is 3.43.